The molecule has 10 nitrogen and oxygen atoms in total. The van der Waals surface area contributed by atoms with Gasteiger partial charge in [0.1, 0.15) is 5.82 Å². The Balaban J connectivity index is 1.45. The van der Waals surface area contributed by atoms with Gasteiger partial charge in [0.15, 0.2) is 29.1 Å². The SMILES string of the molecule is COc1cc2nc(N3CCN(C(=O)C(Oc4ccccc4OC)C(C)C)C4CCCC=C43)nc(N)c2cc1OC. The molecule has 1 aromatic heterocycles. The van der Waals surface area contributed by atoms with Gasteiger partial charge >= 0.3 is 0 Å². The Hall–Kier alpha value is -4.21. The number of amides is 1. The van der Waals surface area contributed by atoms with E-state index in [1.165, 1.54) is 0 Å². The van der Waals surface area contributed by atoms with Crippen molar-refractivity contribution < 1.29 is 23.7 Å². The van der Waals surface area contributed by atoms with Gasteiger partial charge in [-0.15, -0.1) is 0 Å². The summed E-state index contributed by atoms with van der Waals surface area (Å²) in [6.07, 6.45) is 4.30. The summed E-state index contributed by atoms with van der Waals surface area (Å²) >= 11 is 0. The van der Waals surface area contributed by atoms with Crippen molar-refractivity contribution in [1.29, 1.82) is 0 Å². The lowest BCUT2D eigenvalue weighted by Gasteiger charge is -2.46. The van der Waals surface area contributed by atoms with Gasteiger partial charge in [0.25, 0.3) is 5.91 Å². The first kappa shape index (κ1) is 27.4. The Kier molecular flexibility index (Phi) is 7.86. The minimum atomic E-state index is -0.652. The number of nitrogens with two attached hydrogens (primary N) is 1. The van der Waals surface area contributed by atoms with Crippen LogP contribution in [0.1, 0.15) is 33.1 Å². The molecule has 2 aromatic carbocycles. The number of benzene rings is 2. The number of hydrogen-bond acceptors (Lipinski definition) is 9. The number of allylic oxidation sites excluding steroid dienone is 1. The number of piperazine rings is 1. The van der Waals surface area contributed by atoms with E-state index in [-0.39, 0.29) is 17.9 Å². The second-order valence-electron chi connectivity index (χ2n) is 10.3. The maximum Gasteiger partial charge on any atom is 0.264 e. The number of hydrogen-bond donors (Lipinski definition) is 1. The summed E-state index contributed by atoms with van der Waals surface area (Å²) in [5.41, 5.74) is 8.09. The fourth-order valence-corrected chi connectivity index (χ4v) is 5.50. The molecule has 0 radical (unpaired) electrons. The molecule has 1 aliphatic heterocycles. The molecule has 2 unspecified atom stereocenters. The van der Waals surface area contributed by atoms with Crippen molar-refractivity contribution in [2.45, 2.75) is 45.3 Å². The maximum absolute atomic E-state index is 14.0. The molecule has 0 spiro atoms. The average Bonchev–Trinajstić information content (AvgIpc) is 2.98. The number of ether oxygens (including phenoxy) is 4. The quantitative estimate of drug-likeness (QED) is 0.438. The van der Waals surface area contributed by atoms with Crippen molar-refractivity contribution in [2.75, 3.05) is 45.1 Å². The highest BCUT2D eigenvalue weighted by Gasteiger charge is 2.41. The zero-order valence-corrected chi connectivity index (χ0v) is 23.7. The fraction of sp³-hybridized carbons (Fsp3) is 0.433. The number of methoxy groups -OCH3 is 3. The molecule has 0 bridgehead atoms. The lowest BCUT2D eigenvalue weighted by molar-refractivity contribution is -0.143. The van der Waals surface area contributed by atoms with Crippen LogP contribution in [-0.4, -0.2) is 67.3 Å². The van der Waals surface area contributed by atoms with Gasteiger partial charge in [-0.25, -0.2) is 4.98 Å². The van der Waals surface area contributed by atoms with Crippen LogP contribution < -0.4 is 29.6 Å². The summed E-state index contributed by atoms with van der Waals surface area (Å²) in [6, 6.07) is 10.9. The molecule has 1 amide bonds. The van der Waals surface area contributed by atoms with Gasteiger partial charge in [-0.2, -0.15) is 4.98 Å². The molecule has 212 valence electrons. The maximum atomic E-state index is 14.0. The third-order valence-electron chi connectivity index (χ3n) is 7.54. The summed E-state index contributed by atoms with van der Waals surface area (Å²) in [5, 5.41) is 0.692. The fourth-order valence-electron chi connectivity index (χ4n) is 5.50. The van der Waals surface area contributed by atoms with E-state index >= 15 is 0 Å². The van der Waals surface area contributed by atoms with Crippen molar-refractivity contribution in [3.8, 4) is 23.0 Å². The van der Waals surface area contributed by atoms with Crippen LogP contribution in [-0.2, 0) is 4.79 Å². The van der Waals surface area contributed by atoms with Crippen molar-refractivity contribution in [2.24, 2.45) is 5.92 Å². The van der Waals surface area contributed by atoms with Crippen molar-refractivity contribution >= 4 is 28.6 Å². The van der Waals surface area contributed by atoms with E-state index in [4.69, 9.17) is 29.7 Å². The molecular formula is C30H37N5O5. The standard InChI is InChI=1S/C30H37N5O5/c1-18(2)27(40-24-13-9-8-12-23(24)37-3)29(36)34-14-15-35(22-11-7-6-10-21(22)34)30-32-20-17-26(39-5)25(38-4)16-19(20)28(31)33-30/h8-9,11-13,16-18,21,27H,6-7,10,14-15H2,1-5H3,(H2,31,32,33). The lowest BCUT2D eigenvalue weighted by Crippen LogP contribution is -2.58. The Bertz CT molecular complexity index is 1430. The Morgan fingerprint density at radius 3 is 2.38 bits per heavy atom. The molecule has 10 heteroatoms. The van der Waals surface area contributed by atoms with Crippen LogP contribution in [0.5, 0.6) is 23.0 Å². The first-order valence-electron chi connectivity index (χ1n) is 13.6. The number of nitrogens with zero attached hydrogens (tertiary/aromatic N) is 4. The molecule has 1 fully saturated rings. The van der Waals surface area contributed by atoms with E-state index in [1.807, 2.05) is 49.1 Å². The van der Waals surface area contributed by atoms with Gasteiger partial charge in [0.05, 0.1) is 32.9 Å². The number of carbonyl (C=O) groups is 1. The molecule has 5 rings (SSSR count). The van der Waals surface area contributed by atoms with E-state index in [0.29, 0.717) is 58.8 Å². The first-order chi connectivity index (χ1) is 19.4. The van der Waals surface area contributed by atoms with E-state index in [1.54, 1.807) is 27.4 Å². The number of fused-ring (bicyclic) bond motifs is 2. The highest BCUT2D eigenvalue weighted by molar-refractivity contribution is 5.92. The van der Waals surface area contributed by atoms with Gasteiger partial charge in [0, 0.05) is 30.2 Å². The molecule has 0 saturated carbocycles. The smallest absolute Gasteiger partial charge is 0.264 e. The minimum Gasteiger partial charge on any atom is -0.493 e. The Morgan fingerprint density at radius 1 is 0.975 bits per heavy atom. The molecular weight excluding hydrogens is 510 g/mol. The summed E-state index contributed by atoms with van der Waals surface area (Å²) in [6.45, 7) is 5.04. The van der Waals surface area contributed by atoms with Gasteiger partial charge in [0.2, 0.25) is 5.95 Å². The van der Waals surface area contributed by atoms with Gasteiger partial charge in [-0.3, -0.25) is 4.79 Å². The summed E-state index contributed by atoms with van der Waals surface area (Å²) in [4.78, 5) is 27.6. The first-order valence-corrected chi connectivity index (χ1v) is 13.6. The van der Waals surface area contributed by atoms with E-state index < -0.39 is 6.10 Å². The number of rotatable bonds is 8. The lowest BCUT2D eigenvalue weighted by atomic mass is 9.93. The van der Waals surface area contributed by atoms with Gasteiger partial charge in [-0.05, 0) is 43.4 Å². The van der Waals surface area contributed by atoms with E-state index in [9.17, 15) is 4.79 Å². The number of aromatic nitrogens is 2. The molecule has 2 aliphatic rings. The minimum absolute atomic E-state index is 0.0332. The molecule has 40 heavy (non-hydrogen) atoms. The van der Waals surface area contributed by atoms with E-state index in [2.05, 4.69) is 16.0 Å². The molecule has 1 aliphatic carbocycles. The van der Waals surface area contributed by atoms with Crippen LogP contribution in [0.15, 0.2) is 48.2 Å². The third kappa shape index (κ3) is 5.05. The topological polar surface area (TPSA) is 112 Å². The van der Waals surface area contributed by atoms with Crippen LogP contribution >= 0.6 is 0 Å². The monoisotopic (exact) mass is 547 g/mol. The zero-order valence-electron chi connectivity index (χ0n) is 23.7. The van der Waals surface area contributed by atoms with Gasteiger partial charge < -0.3 is 34.5 Å². The van der Waals surface area contributed by atoms with Crippen LogP contribution in [0.4, 0.5) is 11.8 Å². The number of nitrogen functional groups attached to an aromatic ring is 1. The van der Waals surface area contributed by atoms with Crippen molar-refractivity contribution in [3.63, 3.8) is 0 Å². The van der Waals surface area contributed by atoms with Crippen LogP contribution in [0, 0.1) is 5.92 Å². The van der Waals surface area contributed by atoms with Crippen LogP contribution in [0.3, 0.4) is 0 Å². The Labute approximate surface area is 234 Å². The van der Waals surface area contributed by atoms with Crippen LogP contribution in [0.2, 0.25) is 0 Å². The highest BCUT2D eigenvalue weighted by atomic mass is 16.5. The molecule has 2 N–H and O–H groups in total. The van der Waals surface area contributed by atoms with Crippen molar-refractivity contribution in [3.05, 3.63) is 48.2 Å². The predicted octanol–water partition coefficient (Wildman–Crippen LogP) is 4.43. The second-order valence-corrected chi connectivity index (χ2v) is 10.3. The predicted molar refractivity (Wildman–Crippen MR) is 154 cm³/mol. The molecule has 2 heterocycles. The third-order valence-corrected chi connectivity index (χ3v) is 7.54. The van der Waals surface area contributed by atoms with Crippen molar-refractivity contribution in [1.82, 2.24) is 14.9 Å². The molecule has 1 saturated heterocycles. The average molecular weight is 548 g/mol. The Morgan fingerprint density at radius 2 is 1.68 bits per heavy atom. The summed E-state index contributed by atoms with van der Waals surface area (Å²) < 4.78 is 22.7. The molecule has 3 aromatic rings. The molecule has 2 atom stereocenters. The summed E-state index contributed by atoms with van der Waals surface area (Å²) in [5.74, 6) is 3.09. The number of para-hydroxylation sites is 2. The highest BCUT2D eigenvalue weighted by Crippen LogP contribution is 2.37. The second kappa shape index (κ2) is 11.5. The normalized spacial score (nSPS) is 17.8. The zero-order chi connectivity index (χ0) is 28.4. The number of carbonyl (C=O) groups excluding carboxylic acids is 1. The summed E-state index contributed by atoms with van der Waals surface area (Å²) in [7, 11) is 4.77. The van der Waals surface area contributed by atoms with E-state index in [0.717, 1.165) is 25.0 Å². The van der Waals surface area contributed by atoms with Gasteiger partial charge in [-0.1, -0.05) is 32.1 Å². The van der Waals surface area contributed by atoms with Crippen LogP contribution in [0.25, 0.3) is 10.9 Å². The largest absolute Gasteiger partial charge is 0.493 e. The number of anilines is 2.